The lowest BCUT2D eigenvalue weighted by molar-refractivity contribution is -0.384. The smallest absolute Gasteiger partial charge is 0.269 e. The van der Waals surface area contributed by atoms with Crippen LogP contribution in [0.5, 0.6) is 0 Å². The predicted octanol–water partition coefficient (Wildman–Crippen LogP) is 1.77. The quantitative estimate of drug-likeness (QED) is 0.581. The SMILES string of the molecule is CCC(NCCC(=O)NC)c1cccc([N+](=O)[O-])c1. The molecule has 0 aromatic heterocycles. The molecule has 0 aliphatic rings. The average molecular weight is 265 g/mol. The highest BCUT2D eigenvalue weighted by Gasteiger charge is 2.13. The Morgan fingerprint density at radius 1 is 1.47 bits per heavy atom. The normalized spacial score (nSPS) is 11.9. The zero-order valence-corrected chi connectivity index (χ0v) is 11.2. The van der Waals surface area contributed by atoms with E-state index in [1.165, 1.54) is 6.07 Å². The van der Waals surface area contributed by atoms with Gasteiger partial charge in [0.05, 0.1) is 4.92 Å². The van der Waals surface area contributed by atoms with Crippen molar-refractivity contribution in [2.24, 2.45) is 0 Å². The van der Waals surface area contributed by atoms with Crippen LogP contribution in [0.4, 0.5) is 5.69 Å². The minimum atomic E-state index is -0.402. The summed E-state index contributed by atoms with van der Waals surface area (Å²) in [6, 6.07) is 6.59. The lowest BCUT2D eigenvalue weighted by Crippen LogP contribution is -2.27. The second kappa shape index (κ2) is 7.48. The Labute approximate surface area is 112 Å². The van der Waals surface area contributed by atoms with E-state index in [-0.39, 0.29) is 17.6 Å². The third-order valence-electron chi connectivity index (χ3n) is 2.91. The molecule has 104 valence electrons. The fourth-order valence-electron chi connectivity index (χ4n) is 1.84. The number of nitrogens with zero attached hydrogens (tertiary/aromatic N) is 1. The maximum Gasteiger partial charge on any atom is 0.269 e. The van der Waals surface area contributed by atoms with Crippen LogP contribution < -0.4 is 10.6 Å². The van der Waals surface area contributed by atoms with Gasteiger partial charge in [-0.2, -0.15) is 0 Å². The summed E-state index contributed by atoms with van der Waals surface area (Å²) in [6.45, 7) is 2.54. The van der Waals surface area contributed by atoms with Gasteiger partial charge in [0.1, 0.15) is 0 Å². The van der Waals surface area contributed by atoms with Gasteiger partial charge in [-0.15, -0.1) is 0 Å². The molecule has 19 heavy (non-hydrogen) atoms. The van der Waals surface area contributed by atoms with E-state index in [2.05, 4.69) is 10.6 Å². The molecule has 1 aromatic rings. The largest absolute Gasteiger partial charge is 0.359 e. The molecule has 6 heteroatoms. The van der Waals surface area contributed by atoms with Crippen LogP contribution in [0, 0.1) is 10.1 Å². The molecule has 1 rings (SSSR count). The lowest BCUT2D eigenvalue weighted by Gasteiger charge is -2.17. The maximum absolute atomic E-state index is 11.1. The van der Waals surface area contributed by atoms with Crippen molar-refractivity contribution in [3.63, 3.8) is 0 Å². The highest BCUT2D eigenvalue weighted by atomic mass is 16.6. The maximum atomic E-state index is 11.1. The first-order valence-electron chi connectivity index (χ1n) is 6.26. The van der Waals surface area contributed by atoms with Crippen molar-refractivity contribution in [3.05, 3.63) is 39.9 Å². The Balaban J connectivity index is 2.66. The summed E-state index contributed by atoms with van der Waals surface area (Å²) in [5.74, 6) is -0.0265. The highest BCUT2D eigenvalue weighted by molar-refractivity contribution is 5.75. The Bertz CT molecular complexity index is 449. The van der Waals surface area contributed by atoms with Crippen LogP contribution in [0.25, 0.3) is 0 Å². The molecule has 1 unspecified atom stereocenters. The number of nitro groups is 1. The number of non-ortho nitro benzene ring substituents is 1. The van der Waals surface area contributed by atoms with Crippen molar-refractivity contribution in [2.75, 3.05) is 13.6 Å². The van der Waals surface area contributed by atoms with Crippen molar-refractivity contribution in [1.82, 2.24) is 10.6 Å². The average Bonchev–Trinajstić information content (AvgIpc) is 2.43. The summed E-state index contributed by atoms with van der Waals surface area (Å²) >= 11 is 0. The first kappa shape index (κ1) is 15.1. The Morgan fingerprint density at radius 2 is 2.21 bits per heavy atom. The molecule has 0 aliphatic heterocycles. The second-order valence-corrected chi connectivity index (χ2v) is 4.19. The molecule has 0 spiro atoms. The molecule has 0 heterocycles. The molecule has 0 bridgehead atoms. The van der Waals surface area contributed by atoms with Crippen LogP contribution in [0.15, 0.2) is 24.3 Å². The first-order chi connectivity index (χ1) is 9.08. The number of hydrogen-bond donors (Lipinski definition) is 2. The van der Waals surface area contributed by atoms with Crippen molar-refractivity contribution in [3.8, 4) is 0 Å². The second-order valence-electron chi connectivity index (χ2n) is 4.19. The summed E-state index contributed by atoms with van der Waals surface area (Å²) < 4.78 is 0. The molecule has 6 nitrogen and oxygen atoms in total. The number of hydrogen-bond acceptors (Lipinski definition) is 4. The molecule has 1 amide bonds. The molecular formula is C13H19N3O3. The van der Waals surface area contributed by atoms with Gasteiger partial charge in [-0.05, 0) is 12.0 Å². The van der Waals surface area contributed by atoms with Crippen LogP contribution in [0.2, 0.25) is 0 Å². The third-order valence-corrected chi connectivity index (χ3v) is 2.91. The van der Waals surface area contributed by atoms with Gasteiger partial charge in [0.2, 0.25) is 5.91 Å². The number of carbonyl (C=O) groups excluding carboxylic acids is 1. The number of benzene rings is 1. The van der Waals surface area contributed by atoms with E-state index in [0.29, 0.717) is 13.0 Å². The van der Waals surface area contributed by atoms with E-state index in [0.717, 1.165) is 12.0 Å². The van der Waals surface area contributed by atoms with Crippen molar-refractivity contribution < 1.29 is 9.72 Å². The Hall–Kier alpha value is -1.95. The molecular weight excluding hydrogens is 246 g/mol. The third kappa shape index (κ3) is 4.67. The van der Waals surface area contributed by atoms with Gasteiger partial charge in [-0.25, -0.2) is 0 Å². The molecule has 0 saturated carbocycles. The summed E-state index contributed by atoms with van der Waals surface area (Å²) in [6.07, 6.45) is 1.19. The molecule has 0 aliphatic carbocycles. The van der Waals surface area contributed by atoms with Crippen LogP contribution in [-0.4, -0.2) is 24.4 Å². The Kier molecular flexibility index (Phi) is 5.95. The fourth-order valence-corrected chi connectivity index (χ4v) is 1.84. The number of nitrogens with one attached hydrogen (secondary N) is 2. The van der Waals surface area contributed by atoms with E-state index >= 15 is 0 Å². The molecule has 1 aromatic carbocycles. The van der Waals surface area contributed by atoms with Gasteiger partial charge in [0.15, 0.2) is 0 Å². The van der Waals surface area contributed by atoms with Gasteiger partial charge in [0.25, 0.3) is 5.69 Å². The molecule has 0 saturated heterocycles. The van der Waals surface area contributed by atoms with Gasteiger partial charge < -0.3 is 10.6 Å². The topological polar surface area (TPSA) is 84.3 Å². The van der Waals surface area contributed by atoms with E-state index in [9.17, 15) is 14.9 Å². The number of amides is 1. The van der Waals surface area contributed by atoms with Crippen LogP contribution >= 0.6 is 0 Å². The molecule has 0 fully saturated rings. The van der Waals surface area contributed by atoms with Crippen molar-refractivity contribution in [1.29, 1.82) is 0 Å². The van der Waals surface area contributed by atoms with E-state index in [1.807, 2.05) is 13.0 Å². The zero-order valence-electron chi connectivity index (χ0n) is 11.2. The van der Waals surface area contributed by atoms with Crippen LogP contribution in [0.1, 0.15) is 31.4 Å². The number of nitro benzene ring substituents is 1. The molecule has 2 N–H and O–H groups in total. The minimum absolute atomic E-state index is 0.0181. The van der Waals surface area contributed by atoms with E-state index in [1.54, 1.807) is 19.2 Å². The van der Waals surface area contributed by atoms with Gasteiger partial charge in [-0.1, -0.05) is 19.1 Å². The molecule has 1 atom stereocenters. The van der Waals surface area contributed by atoms with Crippen LogP contribution in [-0.2, 0) is 4.79 Å². The van der Waals surface area contributed by atoms with E-state index < -0.39 is 4.92 Å². The van der Waals surface area contributed by atoms with Gasteiger partial charge in [0, 0.05) is 38.2 Å². The van der Waals surface area contributed by atoms with E-state index in [4.69, 9.17) is 0 Å². The minimum Gasteiger partial charge on any atom is -0.359 e. The summed E-state index contributed by atoms with van der Waals surface area (Å²) in [5, 5.41) is 16.5. The standard InChI is InChI=1S/C13H19N3O3/c1-3-12(15-8-7-13(17)14-2)10-5-4-6-11(9-10)16(18)19/h4-6,9,12,15H,3,7-8H2,1-2H3,(H,14,17). The Morgan fingerprint density at radius 3 is 2.79 bits per heavy atom. The number of rotatable bonds is 7. The van der Waals surface area contributed by atoms with Crippen molar-refractivity contribution in [2.45, 2.75) is 25.8 Å². The highest BCUT2D eigenvalue weighted by Crippen LogP contribution is 2.21. The van der Waals surface area contributed by atoms with Crippen molar-refractivity contribution >= 4 is 11.6 Å². The van der Waals surface area contributed by atoms with Gasteiger partial charge in [-0.3, -0.25) is 14.9 Å². The lowest BCUT2D eigenvalue weighted by atomic mass is 10.0. The summed E-state index contributed by atoms with van der Waals surface area (Å²) in [5.41, 5.74) is 0.956. The molecule has 0 radical (unpaired) electrons. The summed E-state index contributed by atoms with van der Waals surface area (Å²) in [7, 11) is 1.60. The zero-order chi connectivity index (χ0) is 14.3. The first-order valence-corrected chi connectivity index (χ1v) is 6.26. The van der Waals surface area contributed by atoms with Gasteiger partial charge >= 0.3 is 0 Å². The monoisotopic (exact) mass is 265 g/mol. The predicted molar refractivity (Wildman–Crippen MR) is 72.8 cm³/mol. The van der Waals surface area contributed by atoms with Crippen LogP contribution in [0.3, 0.4) is 0 Å². The fraction of sp³-hybridized carbons (Fsp3) is 0.462. The number of carbonyl (C=O) groups is 1. The summed E-state index contributed by atoms with van der Waals surface area (Å²) in [4.78, 5) is 21.5.